The van der Waals surface area contributed by atoms with Crippen LogP contribution in [-0.2, 0) is 14.3 Å². The van der Waals surface area contributed by atoms with Gasteiger partial charge in [0.15, 0.2) is 17.4 Å². The summed E-state index contributed by atoms with van der Waals surface area (Å²) >= 11 is 0. The molecule has 0 aliphatic carbocycles. The zero-order valence-corrected chi connectivity index (χ0v) is 20.7. The summed E-state index contributed by atoms with van der Waals surface area (Å²) in [5.74, 6) is -0.246. The number of aromatic nitrogens is 2. The first-order valence-corrected chi connectivity index (χ1v) is 11.7. The molecular formula is C26H31N3O6. The van der Waals surface area contributed by atoms with Crippen LogP contribution in [0.1, 0.15) is 38.3 Å². The van der Waals surface area contributed by atoms with E-state index in [1.54, 1.807) is 24.0 Å². The van der Waals surface area contributed by atoms with Crippen molar-refractivity contribution in [1.82, 2.24) is 9.55 Å². The summed E-state index contributed by atoms with van der Waals surface area (Å²) in [5.41, 5.74) is 2.19. The number of fused-ring (bicyclic) bond motifs is 3. The summed E-state index contributed by atoms with van der Waals surface area (Å²) in [6, 6.07) is 10.5. The van der Waals surface area contributed by atoms with Gasteiger partial charge in [0, 0.05) is 6.54 Å². The first kappa shape index (κ1) is 24.4. The largest absolute Gasteiger partial charge is 0.493 e. The summed E-state index contributed by atoms with van der Waals surface area (Å²) in [5, 5.41) is 0. The lowest BCUT2D eigenvalue weighted by atomic mass is 9.89. The average molecular weight is 482 g/mol. The molecule has 0 unspecified atom stereocenters. The number of carbonyl (C=O) groups excluding carboxylic acids is 2. The molecule has 9 nitrogen and oxygen atoms in total. The summed E-state index contributed by atoms with van der Waals surface area (Å²) in [6.07, 6.45) is 1.67. The third kappa shape index (κ3) is 4.15. The number of amides is 1. The predicted octanol–water partition coefficient (Wildman–Crippen LogP) is 3.98. The number of methoxy groups -OCH3 is 3. The minimum absolute atomic E-state index is 0.164. The monoisotopic (exact) mass is 481 g/mol. The minimum Gasteiger partial charge on any atom is -0.493 e. The second-order valence-corrected chi connectivity index (χ2v) is 8.25. The van der Waals surface area contributed by atoms with Gasteiger partial charge in [-0.2, -0.15) is 0 Å². The fourth-order valence-corrected chi connectivity index (χ4v) is 4.65. The highest BCUT2D eigenvalue weighted by Crippen LogP contribution is 2.46. The molecule has 1 aliphatic heterocycles. The van der Waals surface area contributed by atoms with E-state index in [0.29, 0.717) is 35.3 Å². The van der Waals surface area contributed by atoms with Gasteiger partial charge in [-0.25, -0.2) is 4.98 Å². The molecule has 1 aliphatic rings. The second kappa shape index (κ2) is 10.2. The van der Waals surface area contributed by atoms with Crippen LogP contribution in [0.5, 0.6) is 17.2 Å². The molecular weight excluding hydrogens is 450 g/mol. The van der Waals surface area contributed by atoms with Gasteiger partial charge in [0.05, 0.1) is 45.0 Å². The summed E-state index contributed by atoms with van der Waals surface area (Å²) < 4.78 is 24.0. The number of imidazole rings is 1. The summed E-state index contributed by atoms with van der Waals surface area (Å²) in [7, 11) is 4.58. The molecule has 9 heteroatoms. The Kier molecular flexibility index (Phi) is 7.14. The highest BCUT2D eigenvalue weighted by molar-refractivity contribution is 6.08. The van der Waals surface area contributed by atoms with Gasteiger partial charge in [-0.05, 0) is 43.2 Å². The fourth-order valence-electron chi connectivity index (χ4n) is 4.65. The number of rotatable bonds is 9. The Morgan fingerprint density at radius 2 is 1.71 bits per heavy atom. The van der Waals surface area contributed by atoms with Gasteiger partial charge in [0.25, 0.3) is 0 Å². The van der Waals surface area contributed by atoms with Crippen molar-refractivity contribution in [3.05, 3.63) is 42.0 Å². The first-order chi connectivity index (χ1) is 17.0. The first-order valence-electron chi connectivity index (χ1n) is 11.7. The van der Waals surface area contributed by atoms with E-state index in [1.807, 2.05) is 28.8 Å². The van der Waals surface area contributed by atoms with Crippen molar-refractivity contribution < 1.29 is 28.5 Å². The Morgan fingerprint density at radius 3 is 2.31 bits per heavy atom. The van der Waals surface area contributed by atoms with Crippen LogP contribution in [0.3, 0.4) is 0 Å². The Balaban J connectivity index is 2.03. The molecule has 2 aromatic carbocycles. The van der Waals surface area contributed by atoms with Crippen molar-refractivity contribution in [2.75, 3.05) is 39.4 Å². The van der Waals surface area contributed by atoms with Gasteiger partial charge in [-0.1, -0.05) is 25.5 Å². The van der Waals surface area contributed by atoms with Crippen molar-refractivity contribution >= 4 is 28.9 Å². The standard InChI is InChI=1S/C26H31N3O6/c1-6-8-13-28-24(30)21(25(31)35-7-2)22(29-18-12-10-9-11-17(18)27-26(28)29)16-14-19(32-3)23(34-5)20(15-16)33-4/h9-12,14-15,21-22H,6-8,13H2,1-5H3/t21-,22+/m1/s1. The second-order valence-electron chi connectivity index (χ2n) is 8.25. The van der Waals surface area contributed by atoms with E-state index in [1.165, 1.54) is 21.3 Å². The normalized spacial score (nSPS) is 17.3. The maximum Gasteiger partial charge on any atom is 0.321 e. The maximum atomic E-state index is 13.9. The predicted molar refractivity (Wildman–Crippen MR) is 131 cm³/mol. The Hall–Kier alpha value is -3.75. The molecule has 4 rings (SSSR count). The molecule has 0 saturated carbocycles. The Bertz CT molecular complexity index is 1210. The number of ether oxygens (including phenoxy) is 4. The highest BCUT2D eigenvalue weighted by atomic mass is 16.5. The molecule has 3 aromatic rings. The van der Waals surface area contributed by atoms with Crippen molar-refractivity contribution in [3.8, 4) is 17.2 Å². The van der Waals surface area contributed by atoms with E-state index in [0.717, 1.165) is 23.9 Å². The van der Waals surface area contributed by atoms with Gasteiger partial charge < -0.3 is 23.5 Å². The zero-order chi connectivity index (χ0) is 25.1. The molecule has 1 amide bonds. The molecule has 0 fully saturated rings. The van der Waals surface area contributed by atoms with E-state index in [-0.39, 0.29) is 12.5 Å². The number of nitrogens with zero attached hydrogens (tertiary/aromatic N) is 3. The molecule has 1 aromatic heterocycles. The van der Waals surface area contributed by atoms with Crippen molar-refractivity contribution in [3.63, 3.8) is 0 Å². The van der Waals surface area contributed by atoms with Gasteiger partial charge in [-0.3, -0.25) is 14.5 Å². The molecule has 0 spiro atoms. The summed E-state index contributed by atoms with van der Waals surface area (Å²) in [6.45, 7) is 4.40. The van der Waals surface area contributed by atoms with Gasteiger partial charge in [0.2, 0.25) is 17.6 Å². The molecule has 186 valence electrons. The summed E-state index contributed by atoms with van der Waals surface area (Å²) in [4.78, 5) is 33.6. The number of esters is 1. The topological polar surface area (TPSA) is 92.1 Å². The smallest absolute Gasteiger partial charge is 0.321 e. The average Bonchev–Trinajstić information content (AvgIpc) is 3.25. The van der Waals surface area contributed by atoms with Crippen LogP contribution in [0.15, 0.2) is 36.4 Å². The van der Waals surface area contributed by atoms with E-state index in [4.69, 9.17) is 23.9 Å². The third-order valence-corrected chi connectivity index (χ3v) is 6.25. The van der Waals surface area contributed by atoms with E-state index in [9.17, 15) is 9.59 Å². The molecule has 35 heavy (non-hydrogen) atoms. The van der Waals surface area contributed by atoms with Crippen LogP contribution in [0.2, 0.25) is 0 Å². The van der Waals surface area contributed by atoms with E-state index in [2.05, 4.69) is 6.92 Å². The van der Waals surface area contributed by atoms with Gasteiger partial charge in [-0.15, -0.1) is 0 Å². The number of benzene rings is 2. The Labute approximate surface area is 204 Å². The number of para-hydroxylation sites is 2. The third-order valence-electron chi connectivity index (χ3n) is 6.25. The lowest BCUT2D eigenvalue weighted by Crippen LogP contribution is -2.50. The number of hydrogen-bond acceptors (Lipinski definition) is 7. The van der Waals surface area contributed by atoms with Crippen LogP contribution in [0.4, 0.5) is 5.95 Å². The van der Waals surface area contributed by atoms with Crippen LogP contribution in [0, 0.1) is 5.92 Å². The molecule has 2 heterocycles. The van der Waals surface area contributed by atoms with Gasteiger partial charge in [0.1, 0.15) is 0 Å². The van der Waals surface area contributed by atoms with E-state index >= 15 is 0 Å². The molecule has 0 bridgehead atoms. The Morgan fingerprint density at radius 1 is 1.03 bits per heavy atom. The van der Waals surface area contributed by atoms with Gasteiger partial charge >= 0.3 is 5.97 Å². The number of carbonyl (C=O) groups is 2. The molecule has 0 radical (unpaired) electrons. The van der Waals surface area contributed by atoms with Crippen molar-refractivity contribution in [2.45, 2.75) is 32.7 Å². The molecule has 2 atom stereocenters. The minimum atomic E-state index is -1.11. The van der Waals surface area contributed by atoms with E-state index < -0.39 is 17.9 Å². The quantitative estimate of drug-likeness (QED) is 0.337. The lowest BCUT2D eigenvalue weighted by Gasteiger charge is -2.38. The fraction of sp³-hybridized carbons (Fsp3) is 0.423. The molecule has 0 N–H and O–H groups in total. The zero-order valence-electron chi connectivity index (χ0n) is 20.7. The highest BCUT2D eigenvalue weighted by Gasteiger charge is 2.48. The number of hydrogen-bond donors (Lipinski definition) is 0. The van der Waals surface area contributed by atoms with Crippen molar-refractivity contribution in [2.24, 2.45) is 5.92 Å². The van der Waals surface area contributed by atoms with Crippen LogP contribution in [0.25, 0.3) is 11.0 Å². The number of anilines is 1. The lowest BCUT2D eigenvalue weighted by molar-refractivity contribution is -0.153. The number of unbranched alkanes of at least 4 members (excludes halogenated alkanes) is 1. The maximum absolute atomic E-state index is 13.9. The van der Waals surface area contributed by atoms with Crippen molar-refractivity contribution in [1.29, 1.82) is 0 Å². The van der Waals surface area contributed by atoms with Crippen LogP contribution in [-0.4, -0.2) is 55.9 Å². The van der Waals surface area contributed by atoms with Crippen LogP contribution < -0.4 is 19.1 Å². The molecule has 0 saturated heterocycles. The van der Waals surface area contributed by atoms with Crippen LogP contribution >= 0.6 is 0 Å². The SMILES string of the molecule is CCCCN1C(=O)[C@H](C(=O)OCC)[C@H](c2cc(OC)c(OC)c(OC)c2)n2c1nc1ccccc12.